The summed E-state index contributed by atoms with van der Waals surface area (Å²) in [6, 6.07) is 9.89. The van der Waals surface area contributed by atoms with Gasteiger partial charge in [0.2, 0.25) is 0 Å². The third-order valence-corrected chi connectivity index (χ3v) is 3.91. The highest BCUT2D eigenvalue weighted by Crippen LogP contribution is 2.29. The minimum Gasteiger partial charge on any atom is -0.308 e. The maximum Gasteiger partial charge on any atom is 0.261 e. The Labute approximate surface area is 125 Å². The fraction of sp³-hybridized carbons (Fsp3) is 0.188. The lowest BCUT2D eigenvalue weighted by Crippen LogP contribution is -2.36. The predicted molar refractivity (Wildman–Crippen MR) is 77.8 cm³/mol. The second kappa shape index (κ2) is 5.45. The number of benzene rings is 2. The molecule has 0 atom stereocenters. The molecular weight excluding hydrogens is 296 g/mol. The Morgan fingerprint density at radius 2 is 1.86 bits per heavy atom. The molecule has 108 valence electrons. The van der Waals surface area contributed by atoms with Crippen LogP contribution in [0.15, 0.2) is 36.4 Å². The molecule has 1 amide bonds. The predicted octanol–water partition coefficient (Wildman–Crippen LogP) is 4.21. The van der Waals surface area contributed by atoms with Gasteiger partial charge in [0.05, 0.1) is 10.6 Å². The van der Waals surface area contributed by atoms with E-state index in [1.165, 1.54) is 17.0 Å². The average Bonchev–Trinajstić information content (AvgIpc) is 2.51. The van der Waals surface area contributed by atoms with E-state index in [0.29, 0.717) is 6.54 Å². The first-order valence-corrected chi connectivity index (χ1v) is 7.00. The molecule has 3 rings (SSSR count). The van der Waals surface area contributed by atoms with Crippen LogP contribution in [0.25, 0.3) is 0 Å². The molecule has 0 bridgehead atoms. The zero-order valence-corrected chi connectivity index (χ0v) is 11.8. The van der Waals surface area contributed by atoms with Crippen LogP contribution in [0.5, 0.6) is 0 Å². The molecule has 2 aromatic carbocycles. The minimum absolute atomic E-state index is 0.298. The summed E-state index contributed by atoms with van der Waals surface area (Å²) in [4.78, 5) is 14.0. The zero-order valence-electron chi connectivity index (χ0n) is 11.1. The number of carbonyl (C=O) groups is 1. The van der Waals surface area contributed by atoms with Crippen molar-refractivity contribution < 1.29 is 13.6 Å². The van der Waals surface area contributed by atoms with Gasteiger partial charge in [0, 0.05) is 12.2 Å². The van der Waals surface area contributed by atoms with Crippen LogP contribution in [-0.4, -0.2) is 12.5 Å². The van der Waals surface area contributed by atoms with Crippen LogP contribution in [0.1, 0.15) is 22.3 Å². The highest BCUT2D eigenvalue weighted by Gasteiger charge is 2.26. The zero-order chi connectivity index (χ0) is 15.0. The molecule has 1 aliphatic rings. The molecule has 0 saturated heterocycles. The van der Waals surface area contributed by atoms with Crippen LogP contribution < -0.4 is 4.90 Å². The number of nitrogens with zero attached hydrogens (tertiary/aromatic N) is 1. The topological polar surface area (TPSA) is 20.3 Å². The molecule has 1 aliphatic heterocycles. The molecule has 2 aromatic rings. The maximum atomic E-state index is 13.9. The van der Waals surface area contributed by atoms with E-state index in [1.54, 1.807) is 0 Å². The third kappa shape index (κ3) is 2.40. The first-order valence-electron chi connectivity index (χ1n) is 6.63. The molecule has 1 heterocycles. The standard InChI is InChI=1S/C16H12ClF2NO/c17-12-8-7-11(14(18)15(12)19)16(21)20-9-3-5-10-4-1-2-6-13(10)20/h1-2,4,6-8H,3,5,9H2. The number of aryl methyl sites for hydroxylation is 1. The van der Waals surface area contributed by atoms with Crippen LogP contribution in [0.2, 0.25) is 5.02 Å². The number of anilines is 1. The molecule has 0 N–H and O–H groups in total. The van der Waals surface area contributed by atoms with Gasteiger partial charge in [0.15, 0.2) is 11.6 Å². The Kier molecular flexibility index (Phi) is 3.64. The Morgan fingerprint density at radius 1 is 1.10 bits per heavy atom. The fourth-order valence-electron chi connectivity index (χ4n) is 2.58. The second-order valence-electron chi connectivity index (χ2n) is 4.91. The summed E-state index contributed by atoms with van der Waals surface area (Å²) in [6.07, 6.45) is 1.66. The minimum atomic E-state index is -1.20. The number of fused-ring (bicyclic) bond motifs is 1. The van der Waals surface area contributed by atoms with Crippen molar-refractivity contribution in [1.29, 1.82) is 0 Å². The van der Waals surface area contributed by atoms with Gasteiger partial charge >= 0.3 is 0 Å². The molecule has 2 nitrogen and oxygen atoms in total. The van der Waals surface area contributed by atoms with E-state index in [2.05, 4.69) is 0 Å². The molecule has 0 radical (unpaired) electrons. The number of para-hydroxylation sites is 1. The smallest absolute Gasteiger partial charge is 0.261 e. The highest BCUT2D eigenvalue weighted by molar-refractivity contribution is 6.30. The molecule has 0 aliphatic carbocycles. The normalized spacial score (nSPS) is 14.0. The lowest BCUT2D eigenvalue weighted by atomic mass is 10.0. The van der Waals surface area contributed by atoms with Crippen LogP contribution in [0, 0.1) is 11.6 Å². The first kappa shape index (κ1) is 14.0. The molecule has 0 unspecified atom stereocenters. The van der Waals surface area contributed by atoms with Gasteiger partial charge in [-0.15, -0.1) is 0 Å². The molecule has 0 fully saturated rings. The summed E-state index contributed by atoms with van der Waals surface area (Å²) in [7, 11) is 0. The third-order valence-electron chi connectivity index (χ3n) is 3.62. The van der Waals surface area contributed by atoms with Gasteiger partial charge in [0.25, 0.3) is 5.91 Å². The van der Waals surface area contributed by atoms with Gasteiger partial charge in [0.1, 0.15) is 0 Å². The quantitative estimate of drug-likeness (QED) is 0.723. The van der Waals surface area contributed by atoms with E-state index in [4.69, 9.17) is 11.6 Å². The summed E-state index contributed by atoms with van der Waals surface area (Å²) in [6.45, 7) is 0.486. The number of amides is 1. The van der Waals surface area contributed by atoms with Gasteiger partial charge < -0.3 is 4.90 Å². The first-order chi connectivity index (χ1) is 10.1. The average molecular weight is 308 g/mol. The van der Waals surface area contributed by atoms with E-state index >= 15 is 0 Å². The fourth-order valence-corrected chi connectivity index (χ4v) is 2.73. The summed E-state index contributed by atoms with van der Waals surface area (Å²) >= 11 is 5.52. The SMILES string of the molecule is O=C(c1ccc(Cl)c(F)c1F)N1CCCc2ccccc21. The van der Waals surface area contributed by atoms with Gasteiger partial charge in [-0.25, -0.2) is 8.78 Å². The van der Waals surface area contributed by atoms with Gasteiger partial charge in [-0.05, 0) is 36.6 Å². The maximum absolute atomic E-state index is 13.9. The Hall–Kier alpha value is -1.94. The molecule has 0 saturated carbocycles. The van der Waals surface area contributed by atoms with Crippen LogP contribution in [0.4, 0.5) is 14.5 Å². The van der Waals surface area contributed by atoms with Crippen molar-refractivity contribution in [2.45, 2.75) is 12.8 Å². The summed E-state index contributed by atoms with van der Waals surface area (Å²) in [5.74, 6) is -2.93. The Bertz CT molecular complexity index is 717. The number of carbonyl (C=O) groups excluding carboxylic acids is 1. The van der Waals surface area contributed by atoms with Crippen molar-refractivity contribution >= 4 is 23.2 Å². The summed E-state index contributed by atoms with van der Waals surface area (Å²) < 4.78 is 27.5. The van der Waals surface area contributed by atoms with Gasteiger partial charge in [-0.1, -0.05) is 29.8 Å². The summed E-state index contributed by atoms with van der Waals surface area (Å²) in [5, 5.41) is -0.330. The molecule has 0 spiro atoms. The van der Waals surface area contributed by atoms with E-state index in [-0.39, 0.29) is 10.6 Å². The Balaban J connectivity index is 2.03. The van der Waals surface area contributed by atoms with Crippen molar-refractivity contribution in [2.75, 3.05) is 11.4 Å². The molecule has 5 heteroatoms. The largest absolute Gasteiger partial charge is 0.308 e. The highest BCUT2D eigenvalue weighted by atomic mass is 35.5. The van der Waals surface area contributed by atoms with Crippen molar-refractivity contribution in [3.05, 3.63) is 64.2 Å². The van der Waals surface area contributed by atoms with Crippen molar-refractivity contribution in [3.63, 3.8) is 0 Å². The number of hydrogen-bond acceptors (Lipinski definition) is 1. The molecule has 0 aromatic heterocycles. The van der Waals surface area contributed by atoms with E-state index in [9.17, 15) is 13.6 Å². The van der Waals surface area contributed by atoms with E-state index in [1.807, 2.05) is 24.3 Å². The van der Waals surface area contributed by atoms with Crippen molar-refractivity contribution in [3.8, 4) is 0 Å². The second-order valence-corrected chi connectivity index (χ2v) is 5.32. The van der Waals surface area contributed by atoms with Gasteiger partial charge in [-0.3, -0.25) is 4.79 Å². The van der Waals surface area contributed by atoms with E-state index < -0.39 is 17.5 Å². The summed E-state index contributed by atoms with van der Waals surface area (Å²) in [5.41, 5.74) is 1.49. The Morgan fingerprint density at radius 3 is 2.67 bits per heavy atom. The number of rotatable bonds is 1. The van der Waals surface area contributed by atoms with Crippen molar-refractivity contribution in [2.24, 2.45) is 0 Å². The van der Waals surface area contributed by atoms with Crippen molar-refractivity contribution in [1.82, 2.24) is 0 Å². The molecule has 21 heavy (non-hydrogen) atoms. The van der Waals surface area contributed by atoms with Crippen LogP contribution >= 0.6 is 11.6 Å². The monoisotopic (exact) mass is 307 g/mol. The number of hydrogen-bond donors (Lipinski definition) is 0. The molecular formula is C16H12ClF2NO. The number of halogens is 3. The van der Waals surface area contributed by atoms with Crippen LogP contribution in [-0.2, 0) is 6.42 Å². The van der Waals surface area contributed by atoms with Crippen LogP contribution in [0.3, 0.4) is 0 Å². The van der Waals surface area contributed by atoms with E-state index in [0.717, 1.165) is 24.1 Å². The lowest BCUT2D eigenvalue weighted by Gasteiger charge is -2.29. The van der Waals surface area contributed by atoms with Gasteiger partial charge in [-0.2, -0.15) is 0 Å². The lowest BCUT2D eigenvalue weighted by molar-refractivity contribution is 0.0980.